The summed E-state index contributed by atoms with van der Waals surface area (Å²) in [5, 5.41) is 0.597. The van der Waals surface area contributed by atoms with E-state index in [9.17, 15) is 0 Å². The molecule has 1 saturated carbocycles. The molecule has 0 spiro atoms. The lowest BCUT2D eigenvalue weighted by atomic mass is 10.2. The van der Waals surface area contributed by atoms with Crippen LogP contribution in [0.1, 0.15) is 18.4 Å². The first-order valence-corrected chi connectivity index (χ1v) is 5.86. The number of benzene rings is 1. The van der Waals surface area contributed by atoms with Gasteiger partial charge in [0.25, 0.3) is 0 Å². The Morgan fingerprint density at radius 1 is 1.31 bits per heavy atom. The lowest BCUT2D eigenvalue weighted by Gasteiger charge is -2.06. The molecule has 0 amide bonds. The van der Waals surface area contributed by atoms with E-state index in [1.54, 1.807) is 0 Å². The third-order valence-corrected chi connectivity index (χ3v) is 3.09. The average molecular weight is 241 g/mol. The Balaban J connectivity index is 1.67. The molecular formula is C12H13ClO3. The van der Waals surface area contributed by atoms with Gasteiger partial charge in [0.2, 0.25) is 6.79 Å². The van der Waals surface area contributed by atoms with Gasteiger partial charge in [-0.3, -0.25) is 0 Å². The van der Waals surface area contributed by atoms with Crippen LogP contribution in [-0.4, -0.2) is 13.4 Å². The molecule has 0 unspecified atom stereocenters. The molecule has 2 aliphatic rings. The van der Waals surface area contributed by atoms with Crippen molar-refractivity contribution in [3.05, 3.63) is 22.7 Å². The lowest BCUT2D eigenvalue weighted by molar-refractivity contribution is 0.111. The highest BCUT2D eigenvalue weighted by atomic mass is 35.5. The fourth-order valence-electron chi connectivity index (χ4n) is 1.73. The van der Waals surface area contributed by atoms with Crippen molar-refractivity contribution in [1.29, 1.82) is 0 Å². The Bertz CT molecular complexity index is 401. The Morgan fingerprint density at radius 2 is 2.19 bits per heavy atom. The van der Waals surface area contributed by atoms with Gasteiger partial charge >= 0.3 is 0 Å². The summed E-state index contributed by atoms with van der Waals surface area (Å²) in [6.07, 6.45) is 2.61. The molecule has 0 saturated heterocycles. The number of rotatable bonds is 4. The van der Waals surface area contributed by atoms with E-state index in [0.717, 1.165) is 23.8 Å². The fraction of sp³-hybridized carbons (Fsp3) is 0.500. The van der Waals surface area contributed by atoms with E-state index in [2.05, 4.69) is 0 Å². The van der Waals surface area contributed by atoms with Crippen molar-refractivity contribution in [3.8, 4) is 11.5 Å². The highest BCUT2D eigenvalue weighted by Crippen LogP contribution is 2.40. The minimum Gasteiger partial charge on any atom is -0.454 e. The largest absolute Gasteiger partial charge is 0.454 e. The first-order chi connectivity index (χ1) is 7.83. The van der Waals surface area contributed by atoms with E-state index in [-0.39, 0.29) is 6.79 Å². The monoisotopic (exact) mass is 240 g/mol. The SMILES string of the molecule is Clc1cc(COCC2CC2)cc2c1OCO2. The van der Waals surface area contributed by atoms with Gasteiger partial charge in [-0.05, 0) is 36.5 Å². The summed E-state index contributed by atoms with van der Waals surface area (Å²) >= 11 is 6.07. The molecule has 1 heterocycles. The summed E-state index contributed by atoms with van der Waals surface area (Å²) < 4.78 is 16.1. The second-order valence-electron chi connectivity index (χ2n) is 4.27. The Kier molecular flexibility index (Phi) is 2.65. The van der Waals surface area contributed by atoms with Crippen LogP contribution in [0, 0.1) is 5.92 Å². The lowest BCUT2D eigenvalue weighted by Crippen LogP contribution is -1.97. The molecule has 0 N–H and O–H groups in total. The summed E-state index contributed by atoms with van der Waals surface area (Å²) in [7, 11) is 0. The Hall–Kier alpha value is -0.930. The topological polar surface area (TPSA) is 27.7 Å². The Morgan fingerprint density at radius 3 is 3.00 bits per heavy atom. The van der Waals surface area contributed by atoms with Crippen LogP contribution in [0.25, 0.3) is 0 Å². The van der Waals surface area contributed by atoms with E-state index in [4.69, 9.17) is 25.8 Å². The van der Waals surface area contributed by atoms with Gasteiger partial charge in [-0.1, -0.05) is 11.6 Å². The van der Waals surface area contributed by atoms with E-state index in [0.29, 0.717) is 17.4 Å². The predicted molar refractivity (Wildman–Crippen MR) is 60.0 cm³/mol. The van der Waals surface area contributed by atoms with Gasteiger partial charge in [-0.15, -0.1) is 0 Å². The van der Waals surface area contributed by atoms with Crippen LogP contribution in [0.4, 0.5) is 0 Å². The van der Waals surface area contributed by atoms with Crippen molar-refractivity contribution >= 4 is 11.6 Å². The number of hydrogen-bond acceptors (Lipinski definition) is 3. The van der Waals surface area contributed by atoms with Crippen molar-refractivity contribution in [2.24, 2.45) is 5.92 Å². The van der Waals surface area contributed by atoms with Gasteiger partial charge in [0.1, 0.15) is 0 Å². The smallest absolute Gasteiger partial charge is 0.231 e. The molecule has 3 rings (SSSR count). The average Bonchev–Trinajstić information content (AvgIpc) is 2.94. The van der Waals surface area contributed by atoms with E-state index in [1.165, 1.54) is 12.8 Å². The van der Waals surface area contributed by atoms with Crippen LogP contribution in [0.3, 0.4) is 0 Å². The third kappa shape index (κ3) is 2.11. The fourth-order valence-corrected chi connectivity index (χ4v) is 2.02. The summed E-state index contributed by atoms with van der Waals surface area (Å²) in [6, 6.07) is 3.81. The second-order valence-corrected chi connectivity index (χ2v) is 4.68. The molecule has 1 aliphatic heterocycles. The molecule has 1 fully saturated rings. The minimum absolute atomic E-state index is 0.251. The van der Waals surface area contributed by atoms with Crippen LogP contribution in [0.15, 0.2) is 12.1 Å². The molecule has 1 aliphatic carbocycles. The predicted octanol–water partition coefficient (Wildman–Crippen LogP) is 3.00. The maximum Gasteiger partial charge on any atom is 0.231 e. The first kappa shape index (κ1) is 10.2. The maximum atomic E-state index is 6.07. The van der Waals surface area contributed by atoms with Crippen molar-refractivity contribution in [2.45, 2.75) is 19.4 Å². The molecule has 1 aromatic rings. The molecule has 4 heteroatoms. The van der Waals surface area contributed by atoms with Crippen molar-refractivity contribution in [3.63, 3.8) is 0 Å². The highest BCUT2D eigenvalue weighted by molar-refractivity contribution is 6.32. The standard InChI is InChI=1S/C12H13ClO3/c13-10-3-9(6-14-5-8-1-2-8)4-11-12(10)16-7-15-11/h3-4,8H,1-2,5-7H2. The second kappa shape index (κ2) is 4.15. The van der Waals surface area contributed by atoms with Crippen molar-refractivity contribution in [1.82, 2.24) is 0 Å². The highest BCUT2D eigenvalue weighted by Gasteiger charge is 2.22. The van der Waals surface area contributed by atoms with Crippen LogP contribution < -0.4 is 9.47 Å². The van der Waals surface area contributed by atoms with Crippen LogP contribution in [0.5, 0.6) is 11.5 Å². The van der Waals surface area contributed by atoms with Gasteiger partial charge in [0, 0.05) is 6.61 Å². The minimum atomic E-state index is 0.251. The van der Waals surface area contributed by atoms with Gasteiger partial charge in [-0.2, -0.15) is 0 Å². The Labute approximate surface area is 99.3 Å². The third-order valence-electron chi connectivity index (χ3n) is 2.81. The molecule has 0 bridgehead atoms. The summed E-state index contributed by atoms with van der Waals surface area (Å²) in [5.41, 5.74) is 1.04. The molecule has 0 radical (unpaired) electrons. The normalized spacial score (nSPS) is 17.8. The molecular weight excluding hydrogens is 228 g/mol. The van der Waals surface area contributed by atoms with Crippen LogP contribution in [0.2, 0.25) is 5.02 Å². The molecule has 86 valence electrons. The number of halogens is 1. The zero-order valence-corrected chi connectivity index (χ0v) is 9.63. The quantitative estimate of drug-likeness (QED) is 0.810. The van der Waals surface area contributed by atoms with Gasteiger partial charge in [-0.25, -0.2) is 0 Å². The maximum absolute atomic E-state index is 6.07. The van der Waals surface area contributed by atoms with Crippen LogP contribution >= 0.6 is 11.6 Å². The molecule has 16 heavy (non-hydrogen) atoms. The number of hydrogen-bond donors (Lipinski definition) is 0. The van der Waals surface area contributed by atoms with Crippen molar-refractivity contribution < 1.29 is 14.2 Å². The first-order valence-electron chi connectivity index (χ1n) is 5.48. The van der Waals surface area contributed by atoms with E-state index < -0.39 is 0 Å². The summed E-state index contributed by atoms with van der Waals surface area (Å²) in [5.74, 6) is 2.15. The molecule has 3 nitrogen and oxygen atoms in total. The van der Waals surface area contributed by atoms with E-state index in [1.807, 2.05) is 12.1 Å². The number of fused-ring (bicyclic) bond motifs is 1. The van der Waals surface area contributed by atoms with Crippen molar-refractivity contribution in [2.75, 3.05) is 13.4 Å². The zero-order chi connectivity index (χ0) is 11.0. The zero-order valence-electron chi connectivity index (χ0n) is 8.87. The summed E-state index contributed by atoms with van der Waals surface area (Å²) in [6.45, 7) is 1.69. The molecule has 0 aromatic heterocycles. The summed E-state index contributed by atoms with van der Waals surface area (Å²) in [4.78, 5) is 0. The van der Waals surface area contributed by atoms with Gasteiger partial charge in [0.15, 0.2) is 11.5 Å². The van der Waals surface area contributed by atoms with Crippen LogP contribution in [-0.2, 0) is 11.3 Å². The molecule has 0 atom stereocenters. The molecule has 1 aromatic carbocycles. The van der Waals surface area contributed by atoms with E-state index >= 15 is 0 Å². The number of ether oxygens (including phenoxy) is 3. The van der Waals surface area contributed by atoms with Gasteiger partial charge < -0.3 is 14.2 Å². The van der Waals surface area contributed by atoms with Gasteiger partial charge in [0.05, 0.1) is 11.6 Å².